The van der Waals surface area contributed by atoms with Gasteiger partial charge in [-0.3, -0.25) is 0 Å². The zero-order chi connectivity index (χ0) is 15.1. The Morgan fingerprint density at radius 1 is 1.29 bits per heavy atom. The van der Waals surface area contributed by atoms with Crippen LogP contribution in [0.2, 0.25) is 0 Å². The van der Waals surface area contributed by atoms with E-state index in [1.807, 2.05) is 12.1 Å². The predicted octanol–water partition coefficient (Wildman–Crippen LogP) is 3.07. The maximum absolute atomic E-state index is 13.4. The lowest BCUT2D eigenvalue weighted by Gasteiger charge is -2.04. The number of thiophene rings is 1. The number of ether oxygens (including phenoxy) is 1. The average molecular weight is 301 g/mol. The van der Waals surface area contributed by atoms with Gasteiger partial charge in [-0.15, -0.1) is 11.3 Å². The summed E-state index contributed by atoms with van der Waals surface area (Å²) >= 11 is 1.49. The average Bonchev–Trinajstić information content (AvgIpc) is 2.93. The van der Waals surface area contributed by atoms with E-state index in [0.717, 1.165) is 9.75 Å². The molecule has 0 radical (unpaired) electrons. The molecule has 5 heteroatoms. The van der Waals surface area contributed by atoms with E-state index in [2.05, 4.69) is 11.8 Å². The number of aliphatic hydroxyl groups is 1. The quantitative estimate of drug-likeness (QED) is 0.883. The Bertz CT molecular complexity index is 722. The highest BCUT2D eigenvalue weighted by Crippen LogP contribution is 2.20. The van der Waals surface area contributed by atoms with Crippen molar-refractivity contribution in [3.05, 3.63) is 51.5 Å². The molecular formula is C16H12FNO2S. The van der Waals surface area contributed by atoms with Crippen LogP contribution in [0, 0.1) is 29.0 Å². The summed E-state index contributed by atoms with van der Waals surface area (Å²) in [5.74, 6) is 5.59. The maximum atomic E-state index is 13.4. The van der Waals surface area contributed by atoms with Gasteiger partial charge in [0.05, 0.1) is 17.0 Å². The van der Waals surface area contributed by atoms with E-state index in [1.165, 1.54) is 23.5 Å². The van der Waals surface area contributed by atoms with E-state index in [0.29, 0.717) is 18.8 Å². The lowest BCUT2D eigenvalue weighted by molar-refractivity contribution is 0.305. The first-order valence-corrected chi connectivity index (χ1v) is 7.05. The molecule has 0 bridgehead atoms. The fourth-order valence-corrected chi connectivity index (χ4v) is 2.35. The number of hydrogen-bond donors (Lipinski definition) is 1. The summed E-state index contributed by atoms with van der Waals surface area (Å²) in [5, 5.41) is 17.3. The Morgan fingerprint density at radius 3 is 2.86 bits per heavy atom. The molecule has 1 heterocycles. The van der Waals surface area contributed by atoms with Crippen molar-refractivity contribution in [1.29, 1.82) is 5.26 Å². The van der Waals surface area contributed by atoms with E-state index >= 15 is 0 Å². The minimum Gasteiger partial charge on any atom is -0.488 e. The summed E-state index contributed by atoms with van der Waals surface area (Å²) < 4.78 is 18.9. The second-order valence-corrected chi connectivity index (χ2v) is 5.25. The molecule has 0 aliphatic heterocycles. The third-order valence-electron chi connectivity index (χ3n) is 2.55. The fraction of sp³-hybridized carbons (Fsp3) is 0.188. The summed E-state index contributed by atoms with van der Waals surface area (Å²) in [4.78, 5) is 1.86. The normalized spacial score (nSPS) is 9.57. The van der Waals surface area contributed by atoms with Gasteiger partial charge in [-0.2, -0.15) is 5.26 Å². The lowest BCUT2D eigenvalue weighted by atomic mass is 10.2. The highest BCUT2D eigenvalue weighted by molar-refractivity contribution is 7.12. The van der Waals surface area contributed by atoms with Gasteiger partial charge in [-0.05, 0) is 24.3 Å². The van der Waals surface area contributed by atoms with Crippen molar-refractivity contribution in [2.24, 2.45) is 0 Å². The monoisotopic (exact) mass is 301 g/mol. The first-order chi connectivity index (χ1) is 10.2. The molecule has 0 spiro atoms. The molecule has 1 aromatic carbocycles. The summed E-state index contributed by atoms with van der Waals surface area (Å²) in [6.07, 6.45) is 0.453. The van der Waals surface area contributed by atoms with E-state index < -0.39 is 5.82 Å². The van der Waals surface area contributed by atoms with E-state index in [-0.39, 0.29) is 12.2 Å². The third-order valence-corrected chi connectivity index (χ3v) is 3.53. The van der Waals surface area contributed by atoms with Crippen molar-refractivity contribution in [1.82, 2.24) is 0 Å². The second-order valence-electron chi connectivity index (χ2n) is 4.08. The predicted molar refractivity (Wildman–Crippen MR) is 78.3 cm³/mol. The van der Waals surface area contributed by atoms with Gasteiger partial charge in [0.25, 0.3) is 0 Å². The van der Waals surface area contributed by atoms with Crippen LogP contribution in [0.25, 0.3) is 0 Å². The topological polar surface area (TPSA) is 53.2 Å². The zero-order valence-corrected chi connectivity index (χ0v) is 11.9. The molecule has 2 aromatic rings. The Balaban J connectivity index is 1.96. The number of aliphatic hydroxyl groups excluding tert-OH is 1. The van der Waals surface area contributed by atoms with E-state index in [4.69, 9.17) is 15.1 Å². The van der Waals surface area contributed by atoms with Gasteiger partial charge in [0.2, 0.25) is 0 Å². The van der Waals surface area contributed by atoms with Gasteiger partial charge >= 0.3 is 0 Å². The molecule has 1 N–H and O–H groups in total. The van der Waals surface area contributed by atoms with Crippen LogP contribution in [0.3, 0.4) is 0 Å². The molecule has 106 valence electrons. The van der Waals surface area contributed by atoms with E-state index in [9.17, 15) is 4.39 Å². The molecule has 0 amide bonds. The molecule has 2 rings (SSSR count). The minimum absolute atomic E-state index is 0.0000763. The maximum Gasteiger partial charge on any atom is 0.144 e. The molecule has 0 fully saturated rings. The Kier molecular flexibility index (Phi) is 5.34. The molecule has 0 atom stereocenters. The van der Waals surface area contributed by atoms with Gasteiger partial charge in [0, 0.05) is 17.4 Å². The van der Waals surface area contributed by atoms with Crippen molar-refractivity contribution in [2.45, 2.75) is 13.0 Å². The SMILES string of the molecule is N#Cc1ccc(OCc2ccc(C#CCCO)s2)cc1F. The van der Waals surface area contributed by atoms with Crippen LogP contribution in [0.5, 0.6) is 5.75 Å². The van der Waals surface area contributed by atoms with Crippen LogP contribution in [0.1, 0.15) is 21.7 Å². The highest BCUT2D eigenvalue weighted by atomic mass is 32.1. The first kappa shape index (κ1) is 15.1. The number of halogens is 1. The van der Waals surface area contributed by atoms with Crippen molar-refractivity contribution in [2.75, 3.05) is 6.61 Å². The number of nitriles is 1. The lowest BCUT2D eigenvalue weighted by Crippen LogP contribution is -1.94. The van der Waals surface area contributed by atoms with Gasteiger partial charge in [-0.25, -0.2) is 4.39 Å². The standard InChI is InChI=1S/C16H12FNO2S/c17-16-9-13(5-4-12(16)10-18)20-11-15-7-6-14(21-15)3-1-2-8-19/h4-7,9,19H,2,8,11H2. The summed E-state index contributed by atoms with van der Waals surface area (Å²) in [6.45, 7) is 0.371. The Labute approximate surface area is 126 Å². The zero-order valence-electron chi connectivity index (χ0n) is 11.1. The number of hydrogen-bond acceptors (Lipinski definition) is 4. The van der Waals surface area contributed by atoms with Crippen LogP contribution in [0.15, 0.2) is 30.3 Å². The molecule has 0 aliphatic carbocycles. The van der Waals surface area contributed by atoms with Gasteiger partial charge in [-0.1, -0.05) is 11.8 Å². The smallest absolute Gasteiger partial charge is 0.144 e. The molecule has 0 saturated heterocycles. The van der Waals surface area contributed by atoms with Crippen molar-refractivity contribution >= 4 is 11.3 Å². The second kappa shape index (κ2) is 7.44. The van der Waals surface area contributed by atoms with Crippen LogP contribution in [-0.4, -0.2) is 11.7 Å². The highest BCUT2D eigenvalue weighted by Gasteiger charge is 2.04. The molecule has 0 saturated carbocycles. The molecule has 21 heavy (non-hydrogen) atoms. The fourth-order valence-electron chi connectivity index (χ4n) is 1.56. The van der Waals surface area contributed by atoms with Crippen LogP contribution < -0.4 is 4.74 Å². The van der Waals surface area contributed by atoms with Gasteiger partial charge < -0.3 is 9.84 Å². The van der Waals surface area contributed by atoms with Crippen LogP contribution >= 0.6 is 11.3 Å². The van der Waals surface area contributed by atoms with E-state index in [1.54, 1.807) is 12.1 Å². The first-order valence-electron chi connectivity index (χ1n) is 6.24. The van der Waals surface area contributed by atoms with Crippen LogP contribution in [-0.2, 0) is 6.61 Å². The molecule has 1 aromatic heterocycles. The molecule has 3 nitrogen and oxygen atoms in total. The molecular weight excluding hydrogens is 289 g/mol. The molecule has 0 aliphatic rings. The Morgan fingerprint density at radius 2 is 2.14 bits per heavy atom. The largest absolute Gasteiger partial charge is 0.488 e. The molecule has 0 unspecified atom stereocenters. The number of benzene rings is 1. The third kappa shape index (κ3) is 4.32. The summed E-state index contributed by atoms with van der Waals surface area (Å²) in [5.41, 5.74) is -0.0000763. The van der Waals surface area contributed by atoms with Crippen LogP contribution in [0.4, 0.5) is 4.39 Å². The number of nitrogens with zero attached hydrogens (tertiary/aromatic N) is 1. The minimum atomic E-state index is -0.586. The number of rotatable bonds is 4. The van der Waals surface area contributed by atoms with Gasteiger partial charge in [0.15, 0.2) is 0 Å². The van der Waals surface area contributed by atoms with Crippen molar-refractivity contribution in [3.8, 4) is 23.7 Å². The van der Waals surface area contributed by atoms with Crippen molar-refractivity contribution in [3.63, 3.8) is 0 Å². The van der Waals surface area contributed by atoms with Gasteiger partial charge in [0.1, 0.15) is 24.2 Å². The van der Waals surface area contributed by atoms with Crippen molar-refractivity contribution < 1.29 is 14.2 Å². The summed E-state index contributed by atoms with van der Waals surface area (Å²) in [7, 11) is 0. The Hall–Kier alpha value is -2.34. The summed E-state index contributed by atoms with van der Waals surface area (Å²) in [6, 6.07) is 9.70.